The molecule has 5 heteroatoms. The summed E-state index contributed by atoms with van der Waals surface area (Å²) in [7, 11) is 1.76. The minimum absolute atomic E-state index is 0.422. The second-order valence-corrected chi connectivity index (χ2v) is 5.35. The van der Waals surface area contributed by atoms with Gasteiger partial charge in [0.05, 0.1) is 0 Å². The van der Waals surface area contributed by atoms with Crippen molar-refractivity contribution in [3.05, 3.63) is 11.8 Å². The summed E-state index contributed by atoms with van der Waals surface area (Å²) in [5, 5.41) is 6.62. The van der Waals surface area contributed by atoms with Gasteiger partial charge < -0.3 is 15.4 Å². The van der Waals surface area contributed by atoms with Gasteiger partial charge in [-0.15, -0.1) is 0 Å². The SMILES string of the molecule is CCNc1ncc(C)c(NCC2(CCOC)CC2)n1. The first-order valence-corrected chi connectivity index (χ1v) is 6.99. The van der Waals surface area contributed by atoms with Gasteiger partial charge in [0.1, 0.15) is 5.82 Å². The van der Waals surface area contributed by atoms with Crippen LogP contribution in [-0.2, 0) is 4.74 Å². The summed E-state index contributed by atoms with van der Waals surface area (Å²) in [5.41, 5.74) is 1.51. The topological polar surface area (TPSA) is 59.1 Å². The molecule has 1 aromatic rings. The van der Waals surface area contributed by atoms with Gasteiger partial charge in [-0.25, -0.2) is 4.98 Å². The normalized spacial score (nSPS) is 16.2. The van der Waals surface area contributed by atoms with E-state index in [2.05, 4.69) is 20.6 Å². The molecule has 1 heterocycles. The molecule has 0 radical (unpaired) electrons. The number of aryl methyl sites for hydroxylation is 1. The van der Waals surface area contributed by atoms with E-state index in [0.717, 1.165) is 37.5 Å². The average molecular weight is 264 g/mol. The zero-order valence-corrected chi connectivity index (χ0v) is 12.1. The van der Waals surface area contributed by atoms with E-state index >= 15 is 0 Å². The molecule has 0 saturated heterocycles. The summed E-state index contributed by atoms with van der Waals surface area (Å²) in [5.74, 6) is 1.63. The number of methoxy groups -OCH3 is 1. The first-order valence-electron chi connectivity index (χ1n) is 6.99. The zero-order valence-electron chi connectivity index (χ0n) is 12.1. The molecule has 1 aliphatic carbocycles. The summed E-state index contributed by atoms with van der Waals surface area (Å²) in [6, 6.07) is 0. The van der Waals surface area contributed by atoms with Crippen LogP contribution in [0.1, 0.15) is 31.7 Å². The summed E-state index contributed by atoms with van der Waals surface area (Å²) < 4.78 is 5.18. The minimum atomic E-state index is 0.422. The maximum absolute atomic E-state index is 5.18. The standard InChI is InChI=1S/C14H24N4O/c1-4-15-13-16-9-11(2)12(18-13)17-10-14(5-6-14)7-8-19-3/h9H,4-8,10H2,1-3H3,(H2,15,16,17,18). The lowest BCUT2D eigenvalue weighted by molar-refractivity contribution is 0.175. The molecule has 0 bridgehead atoms. The van der Waals surface area contributed by atoms with Crippen LogP contribution in [0.5, 0.6) is 0 Å². The number of nitrogens with zero attached hydrogens (tertiary/aromatic N) is 2. The second kappa shape index (κ2) is 6.19. The Morgan fingerprint density at radius 1 is 1.37 bits per heavy atom. The third-order valence-corrected chi connectivity index (χ3v) is 3.73. The molecule has 2 rings (SSSR count). The van der Waals surface area contributed by atoms with E-state index < -0.39 is 0 Å². The fourth-order valence-corrected chi connectivity index (χ4v) is 2.15. The maximum Gasteiger partial charge on any atom is 0.224 e. The Morgan fingerprint density at radius 3 is 2.79 bits per heavy atom. The second-order valence-electron chi connectivity index (χ2n) is 5.35. The van der Waals surface area contributed by atoms with Crippen LogP contribution in [0, 0.1) is 12.3 Å². The monoisotopic (exact) mass is 264 g/mol. The molecule has 19 heavy (non-hydrogen) atoms. The van der Waals surface area contributed by atoms with Crippen molar-refractivity contribution >= 4 is 11.8 Å². The Balaban J connectivity index is 1.93. The number of ether oxygens (including phenoxy) is 1. The quantitative estimate of drug-likeness (QED) is 0.755. The van der Waals surface area contributed by atoms with Crippen molar-refractivity contribution in [2.24, 2.45) is 5.41 Å². The van der Waals surface area contributed by atoms with Gasteiger partial charge in [-0.2, -0.15) is 4.98 Å². The summed E-state index contributed by atoms with van der Waals surface area (Å²) in [6.45, 7) is 6.72. The molecule has 0 atom stereocenters. The summed E-state index contributed by atoms with van der Waals surface area (Å²) >= 11 is 0. The van der Waals surface area contributed by atoms with E-state index in [-0.39, 0.29) is 0 Å². The Hall–Kier alpha value is -1.36. The van der Waals surface area contributed by atoms with Gasteiger partial charge in [0, 0.05) is 38.6 Å². The largest absolute Gasteiger partial charge is 0.385 e. The van der Waals surface area contributed by atoms with Gasteiger partial charge in [-0.1, -0.05) is 0 Å². The fraction of sp³-hybridized carbons (Fsp3) is 0.714. The maximum atomic E-state index is 5.18. The molecule has 5 nitrogen and oxygen atoms in total. The van der Waals surface area contributed by atoms with Crippen molar-refractivity contribution < 1.29 is 4.74 Å². The predicted octanol–water partition coefficient (Wildman–Crippen LogP) is 2.45. The number of anilines is 2. The molecule has 0 aliphatic heterocycles. The van der Waals surface area contributed by atoms with Crippen molar-refractivity contribution in [3.8, 4) is 0 Å². The van der Waals surface area contributed by atoms with E-state index in [1.165, 1.54) is 12.8 Å². The number of hydrogen-bond acceptors (Lipinski definition) is 5. The summed E-state index contributed by atoms with van der Waals surface area (Å²) in [4.78, 5) is 8.76. The number of rotatable bonds is 8. The van der Waals surface area contributed by atoms with E-state index in [0.29, 0.717) is 11.4 Å². The molecule has 1 aliphatic rings. The Kier molecular flexibility index (Phi) is 4.58. The zero-order chi connectivity index (χ0) is 13.7. The van der Waals surface area contributed by atoms with Crippen LogP contribution in [-0.4, -0.2) is 36.8 Å². The van der Waals surface area contributed by atoms with Crippen molar-refractivity contribution in [3.63, 3.8) is 0 Å². The molecule has 0 unspecified atom stereocenters. The highest BCUT2D eigenvalue weighted by Crippen LogP contribution is 2.48. The third kappa shape index (κ3) is 3.80. The van der Waals surface area contributed by atoms with Gasteiger partial charge in [0.25, 0.3) is 0 Å². The van der Waals surface area contributed by atoms with Crippen molar-refractivity contribution in [2.45, 2.75) is 33.1 Å². The van der Waals surface area contributed by atoms with Gasteiger partial charge in [-0.3, -0.25) is 0 Å². The molecule has 1 fully saturated rings. The van der Waals surface area contributed by atoms with Crippen molar-refractivity contribution in [1.82, 2.24) is 9.97 Å². The molecule has 106 valence electrons. The number of nitrogens with one attached hydrogen (secondary N) is 2. The molecular weight excluding hydrogens is 240 g/mol. The van der Waals surface area contributed by atoms with Crippen molar-refractivity contribution in [1.29, 1.82) is 0 Å². The Bertz CT molecular complexity index is 418. The van der Waals surface area contributed by atoms with Crippen LogP contribution in [0.3, 0.4) is 0 Å². The predicted molar refractivity (Wildman–Crippen MR) is 77.6 cm³/mol. The van der Waals surface area contributed by atoms with Crippen LogP contribution < -0.4 is 10.6 Å². The van der Waals surface area contributed by atoms with E-state index in [9.17, 15) is 0 Å². The van der Waals surface area contributed by atoms with Gasteiger partial charge in [0.2, 0.25) is 5.95 Å². The van der Waals surface area contributed by atoms with Crippen LogP contribution in [0.15, 0.2) is 6.20 Å². The molecular formula is C14H24N4O. The number of aromatic nitrogens is 2. The Labute approximate surface area is 115 Å². The lowest BCUT2D eigenvalue weighted by atomic mass is 10.0. The molecule has 2 N–H and O–H groups in total. The van der Waals surface area contributed by atoms with Crippen LogP contribution in [0.2, 0.25) is 0 Å². The lowest BCUT2D eigenvalue weighted by Gasteiger charge is -2.17. The first kappa shape index (κ1) is 14.1. The smallest absolute Gasteiger partial charge is 0.224 e. The van der Waals surface area contributed by atoms with Crippen LogP contribution in [0.4, 0.5) is 11.8 Å². The van der Waals surface area contributed by atoms with E-state index in [1.54, 1.807) is 7.11 Å². The van der Waals surface area contributed by atoms with Crippen LogP contribution in [0.25, 0.3) is 0 Å². The lowest BCUT2D eigenvalue weighted by Crippen LogP contribution is -2.19. The minimum Gasteiger partial charge on any atom is -0.385 e. The highest BCUT2D eigenvalue weighted by molar-refractivity contribution is 5.46. The highest BCUT2D eigenvalue weighted by atomic mass is 16.5. The van der Waals surface area contributed by atoms with Gasteiger partial charge >= 0.3 is 0 Å². The fourth-order valence-electron chi connectivity index (χ4n) is 2.15. The first-order chi connectivity index (χ1) is 9.19. The molecule has 0 amide bonds. The highest BCUT2D eigenvalue weighted by Gasteiger charge is 2.41. The summed E-state index contributed by atoms with van der Waals surface area (Å²) in [6.07, 6.45) is 5.56. The Morgan fingerprint density at radius 2 is 2.16 bits per heavy atom. The molecule has 0 spiro atoms. The third-order valence-electron chi connectivity index (χ3n) is 3.73. The van der Waals surface area contributed by atoms with E-state index in [1.807, 2.05) is 20.0 Å². The average Bonchev–Trinajstić information content (AvgIpc) is 3.18. The van der Waals surface area contributed by atoms with E-state index in [4.69, 9.17) is 4.74 Å². The molecule has 1 aromatic heterocycles. The van der Waals surface area contributed by atoms with Gasteiger partial charge in [-0.05, 0) is 38.5 Å². The van der Waals surface area contributed by atoms with Crippen molar-refractivity contribution in [2.75, 3.05) is 37.4 Å². The molecule has 0 aromatic carbocycles. The number of hydrogen-bond donors (Lipinski definition) is 2. The van der Waals surface area contributed by atoms with Gasteiger partial charge in [0.15, 0.2) is 0 Å². The van der Waals surface area contributed by atoms with Crippen LogP contribution >= 0.6 is 0 Å². The molecule has 1 saturated carbocycles.